The molecule has 1 aromatic rings. The van der Waals surface area contributed by atoms with E-state index in [9.17, 15) is 18.0 Å². The Kier molecular flexibility index (Phi) is 4.88. The van der Waals surface area contributed by atoms with E-state index < -0.39 is 24.9 Å². The van der Waals surface area contributed by atoms with Crippen molar-refractivity contribution in [3.63, 3.8) is 0 Å². The van der Waals surface area contributed by atoms with Crippen LogP contribution in [-0.4, -0.2) is 17.1 Å². The van der Waals surface area contributed by atoms with Crippen molar-refractivity contribution in [1.29, 1.82) is 0 Å². The summed E-state index contributed by atoms with van der Waals surface area (Å²) in [6.45, 7) is 1.72. The van der Waals surface area contributed by atoms with Gasteiger partial charge in [0.15, 0.2) is 0 Å². The Labute approximate surface area is 114 Å². The molecule has 0 aliphatic carbocycles. The molecule has 0 fully saturated rings. The Balaban J connectivity index is 2.73. The third kappa shape index (κ3) is 5.25. The molecule has 0 aliphatic heterocycles. The van der Waals surface area contributed by atoms with Crippen molar-refractivity contribution < 1.29 is 18.0 Å². The molecule has 0 aromatic heterocycles. The first-order valence-electron chi connectivity index (χ1n) is 5.46. The molecule has 0 spiro atoms. The van der Waals surface area contributed by atoms with Gasteiger partial charge in [0, 0.05) is 17.7 Å². The van der Waals surface area contributed by atoms with E-state index in [1.807, 2.05) is 0 Å². The number of hydrogen-bond donors (Lipinski definition) is 2. The van der Waals surface area contributed by atoms with E-state index >= 15 is 0 Å². The van der Waals surface area contributed by atoms with Gasteiger partial charge in [-0.3, -0.25) is 4.79 Å². The minimum absolute atomic E-state index is 0.158. The molecule has 0 radical (unpaired) electrons. The van der Waals surface area contributed by atoms with Crippen LogP contribution >= 0.6 is 12.2 Å². The number of hydrogen-bond acceptors (Lipinski definition) is 2. The van der Waals surface area contributed by atoms with Crippen molar-refractivity contribution in [3.8, 4) is 0 Å². The van der Waals surface area contributed by atoms with Gasteiger partial charge >= 0.3 is 6.18 Å². The standard InChI is InChI=1S/C12H13F3N2OS/c1-7-2-3-8(11(16)19)6-9(7)17-10(18)4-5-12(13,14)15/h2-3,6H,4-5H2,1H3,(H2,16,19)(H,17,18). The molecule has 0 saturated heterocycles. The van der Waals surface area contributed by atoms with E-state index in [-0.39, 0.29) is 4.99 Å². The highest BCUT2D eigenvalue weighted by atomic mass is 32.1. The van der Waals surface area contributed by atoms with Crippen molar-refractivity contribution in [2.45, 2.75) is 25.9 Å². The maximum atomic E-state index is 12.0. The van der Waals surface area contributed by atoms with Gasteiger partial charge in [-0.25, -0.2) is 0 Å². The molecule has 1 aromatic carbocycles. The maximum Gasteiger partial charge on any atom is 0.389 e. The zero-order chi connectivity index (χ0) is 14.6. The second kappa shape index (κ2) is 6.01. The van der Waals surface area contributed by atoms with Crippen LogP contribution in [0.5, 0.6) is 0 Å². The number of rotatable bonds is 4. The lowest BCUT2D eigenvalue weighted by atomic mass is 10.1. The fourth-order valence-corrected chi connectivity index (χ4v) is 1.50. The quantitative estimate of drug-likeness (QED) is 0.838. The van der Waals surface area contributed by atoms with E-state index in [1.54, 1.807) is 25.1 Å². The van der Waals surface area contributed by atoms with Crippen molar-refractivity contribution in [2.75, 3.05) is 5.32 Å². The van der Waals surface area contributed by atoms with Gasteiger partial charge < -0.3 is 11.1 Å². The summed E-state index contributed by atoms with van der Waals surface area (Å²) in [6.07, 6.45) is -6.10. The fourth-order valence-electron chi connectivity index (χ4n) is 1.38. The van der Waals surface area contributed by atoms with E-state index in [2.05, 4.69) is 5.32 Å². The highest BCUT2D eigenvalue weighted by Gasteiger charge is 2.27. The normalized spacial score (nSPS) is 11.2. The van der Waals surface area contributed by atoms with Crippen molar-refractivity contribution in [2.24, 2.45) is 5.73 Å². The lowest BCUT2D eigenvalue weighted by molar-refractivity contribution is -0.142. The second-order valence-electron chi connectivity index (χ2n) is 4.06. The lowest BCUT2D eigenvalue weighted by Crippen LogP contribution is -2.17. The van der Waals surface area contributed by atoms with Crippen LogP contribution in [0.4, 0.5) is 18.9 Å². The van der Waals surface area contributed by atoms with Gasteiger partial charge in [0.25, 0.3) is 0 Å². The number of alkyl halides is 3. The monoisotopic (exact) mass is 290 g/mol. The number of anilines is 1. The number of nitrogens with one attached hydrogen (secondary N) is 1. The van der Waals surface area contributed by atoms with Gasteiger partial charge in [-0.2, -0.15) is 13.2 Å². The lowest BCUT2D eigenvalue weighted by Gasteiger charge is -2.11. The number of carbonyl (C=O) groups is 1. The minimum Gasteiger partial charge on any atom is -0.389 e. The van der Waals surface area contributed by atoms with Gasteiger partial charge in [-0.05, 0) is 18.6 Å². The first-order chi connectivity index (χ1) is 8.69. The molecule has 104 valence electrons. The van der Waals surface area contributed by atoms with Crippen LogP contribution in [0, 0.1) is 6.92 Å². The Hall–Kier alpha value is -1.63. The molecule has 0 atom stereocenters. The molecule has 1 amide bonds. The molecule has 3 N–H and O–H groups in total. The van der Waals surface area contributed by atoms with Crippen LogP contribution in [0.25, 0.3) is 0 Å². The van der Waals surface area contributed by atoms with Gasteiger partial charge in [0.1, 0.15) is 4.99 Å². The number of amides is 1. The number of thiocarbonyl (C=S) groups is 1. The van der Waals surface area contributed by atoms with Crippen LogP contribution < -0.4 is 11.1 Å². The molecule has 1 rings (SSSR count). The molecule has 0 aliphatic rings. The van der Waals surface area contributed by atoms with Gasteiger partial charge in [-0.1, -0.05) is 24.4 Å². The topological polar surface area (TPSA) is 55.1 Å². The first kappa shape index (κ1) is 15.4. The zero-order valence-electron chi connectivity index (χ0n) is 10.2. The average Bonchev–Trinajstić information content (AvgIpc) is 2.28. The number of carbonyl (C=O) groups excluding carboxylic acids is 1. The van der Waals surface area contributed by atoms with Gasteiger partial charge in [0.05, 0.1) is 6.42 Å². The molecule has 0 saturated carbocycles. The van der Waals surface area contributed by atoms with Crippen LogP contribution in [0.2, 0.25) is 0 Å². The molecular weight excluding hydrogens is 277 g/mol. The third-order valence-corrected chi connectivity index (χ3v) is 2.67. The second-order valence-corrected chi connectivity index (χ2v) is 4.50. The number of aryl methyl sites for hydroxylation is 1. The Morgan fingerprint density at radius 1 is 1.42 bits per heavy atom. The average molecular weight is 290 g/mol. The maximum absolute atomic E-state index is 12.0. The Morgan fingerprint density at radius 3 is 2.58 bits per heavy atom. The van der Waals surface area contributed by atoms with Crippen molar-refractivity contribution in [3.05, 3.63) is 29.3 Å². The highest BCUT2D eigenvalue weighted by Crippen LogP contribution is 2.22. The van der Waals surface area contributed by atoms with E-state index in [0.717, 1.165) is 5.56 Å². The summed E-state index contributed by atoms with van der Waals surface area (Å²) in [4.78, 5) is 11.6. The smallest absolute Gasteiger partial charge is 0.389 e. The summed E-state index contributed by atoms with van der Waals surface area (Å²) in [5.41, 5.74) is 7.13. The number of benzene rings is 1. The summed E-state index contributed by atoms with van der Waals surface area (Å²) in [5, 5.41) is 2.42. The fraction of sp³-hybridized carbons (Fsp3) is 0.333. The molecular formula is C12H13F3N2OS. The number of halogens is 3. The summed E-state index contributed by atoms with van der Waals surface area (Å²) < 4.78 is 36.0. The summed E-state index contributed by atoms with van der Waals surface area (Å²) in [7, 11) is 0. The summed E-state index contributed by atoms with van der Waals surface area (Å²) in [6, 6.07) is 4.92. The van der Waals surface area contributed by atoms with Crippen LogP contribution in [0.3, 0.4) is 0 Å². The Morgan fingerprint density at radius 2 is 2.05 bits per heavy atom. The van der Waals surface area contributed by atoms with E-state index in [4.69, 9.17) is 18.0 Å². The predicted molar refractivity (Wildman–Crippen MR) is 71.0 cm³/mol. The molecule has 0 heterocycles. The highest BCUT2D eigenvalue weighted by molar-refractivity contribution is 7.80. The number of nitrogens with two attached hydrogens (primary N) is 1. The van der Waals surface area contributed by atoms with Gasteiger partial charge in [-0.15, -0.1) is 0 Å². The first-order valence-corrected chi connectivity index (χ1v) is 5.87. The minimum atomic E-state index is -4.34. The SMILES string of the molecule is Cc1ccc(C(N)=S)cc1NC(=O)CCC(F)(F)F. The third-order valence-electron chi connectivity index (χ3n) is 2.43. The molecule has 0 unspecified atom stereocenters. The van der Waals surface area contributed by atoms with E-state index in [0.29, 0.717) is 11.3 Å². The van der Waals surface area contributed by atoms with Crippen LogP contribution in [-0.2, 0) is 4.79 Å². The molecule has 19 heavy (non-hydrogen) atoms. The van der Waals surface area contributed by atoms with E-state index in [1.165, 1.54) is 0 Å². The molecule has 3 nitrogen and oxygen atoms in total. The summed E-state index contributed by atoms with van der Waals surface area (Å²) >= 11 is 4.79. The zero-order valence-corrected chi connectivity index (χ0v) is 11.0. The van der Waals surface area contributed by atoms with Crippen molar-refractivity contribution in [1.82, 2.24) is 0 Å². The predicted octanol–water partition coefficient (Wildman–Crippen LogP) is 2.91. The largest absolute Gasteiger partial charge is 0.389 e. The summed E-state index contributed by atoms with van der Waals surface area (Å²) in [5.74, 6) is -0.694. The van der Waals surface area contributed by atoms with Crippen molar-refractivity contribution >= 4 is 28.8 Å². The Bertz CT molecular complexity index is 500. The van der Waals surface area contributed by atoms with Crippen LogP contribution in [0.1, 0.15) is 24.0 Å². The van der Waals surface area contributed by atoms with Crippen LogP contribution in [0.15, 0.2) is 18.2 Å². The molecule has 0 bridgehead atoms. The van der Waals surface area contributed by atoms with Gasteiger partial charge in [0.2, 0.25) is 5.91 Å². The molecule has 7 heteroatoms.